The second-order valence-electron chi connectivity index (χ2n) is 4.65. The summed E-state index contributed by atoms with van der Waals surface area (Å²) in [5, 5.41) is 3.58. The van der Waals surface area contributed by atoms with Crippen molar-refractivity contribution >= 4 is 22.6 Å². The molecule has 0 radical (unpaired) electrons. The molecule has 3 heteroatoms. The van der Waals surface area contributed by atoms with E-state index < -0.39 is 0 Å². The number of hydrogen-bond donors (Lipinski definition) is 1. The molecule has 1 unspecified atom stereocenters. The highest BCUT2D eigenvalue weighted by molar-refractivity contribution is 14.1. The Morgan fingerprint density at radius 1 is 1.10 bits per heavy atom. The predicted octanol–water partition coefficient (Wildman–Crippen LogP) is 4.19. The van der Waals surface area contributed by atoms with E-state index in [1.54, 1.807) is 7.11 Å². The molecule has 0 spiro atoms. The number of likely N-dealkylation sites (N-methyl/N-ethyl adjacent to an activating group) is 1. The highest BCUT2D eigenvalue weighted by Crippen LogP contribution is 2.27. The molecule has 2 rings (SSSR count). The first-order valence-electron chi connectivity index (χ1n) is 6.86. The largest absolute Gasteiger partial charge is 0.496 e. The van der Waals surface area contributed by atoms with Crippen LogP contribution in [0.4, 0.5) is 0 Å². The normalized spacial score (nSPS) is 12.2. The Hall–Kier alpha value is -1.07. The van der Waals surface area contributed by atoms with Gasteiger partial charge in [0.1, 0.15) is 5.75 Å². The van der Waals surface area contributed by atoms with Gasteiger partial charge in [0.05, 0.1) is 7.11 Å². The number of para-hydroxylation sites is 1. The smallest absolute Gasteiger partial charge is 0.122 e. The molecule has 106 valence electrons. The lowest BCUT2D eigenvalue weighted by atomic mass is 9.98. The number of ether oxygens (including phenoxy) is 1. The van der Waals surface area contributed by atoms with E-state index in [-0.39, 0.29) is 0 Å². The van der Waals surface area contributed by atoms with Crippen LogP contribution in [-0.2, 0) is 6.42 Å². The lowest BCUT2D eigenvalue weighted by molar-refractivity contribution is 0.405. The summed E-state index contributed by atoms with van der Waals surface area (Å²) >= 11 is 2.40. The Bertz CT molecular complexity index is 556. The van der Waals surface area contributed by atoms with Gasteiger partial charge in [0.25, 0.3) is 0 Å². The minimum Gasteiger partial charge on any atom is -0.496 e. The van der Waals surface area contributed by atoms with Crippen LogP contribution in [0.3, 0.4) is 0 Å². The molecule has 20 heavy (non-hydrogen) atoms. The van der Waals surface area contributed by atoms with Gasteiger partial charge in [-0.15, -0.1) is 0 Å². The molecule has 0 aliphatic rings. The fourth-order valence-electron chi connectivity index (χ4n) is 2.39. The topological polar surface area (TPSA) is 21.3 Å². The van der Waals surface area contributed by atoms with E-state index in [1.807, 2.05) is 12.1 Å². The van der Waals surface area contributed by atoms with Gasteiger partial charge in [-0.2, -0.15) is 0 Å². The van der Waals surface area contributed by atoms with Gasteiger partial charge < -0.3 is 10.1 Å². The van der Waals surface area contributed by atoms with Gasteiger partial charge in [0.15, 0.2) is 0 Å². The molecule has 1 N–H and O–H groups in total. The molecule has 0 heterocycles. The molecular formula is C17H20INO. The number of hydrogen-bond acceptors (Lipinski definition) is 2. The summed E-state index contributed by atoms with van der Waals surface area (Å²) in [5.41, 5.74) is 2.58. The van der Waals surface area contributed by atoms with E-state index in [4.69, 9.17) is 4.74 Å². The average Bonchev–Trinajstić information content (AvgIpc) is 2.48. The van der Waals surface area contributed by atoms with E-state index in [1.165, 1.54) is 14.7 Å². The summed E-state index contributed by atoms with van der Waals surface area (Å²) in [7, 11) is 1.73. The van der Waals surface area contributed by atoms with Crippen LogP contribution in [0.25, 0.3) is 0 Å². The molecule has 0 aliphatic carbocycles. The van der Waals surface area contributed by atoms with Crippen molar-refractivity contribution in [3.63, 3.8) is 0 Å². The minimum absolute atomic E-state index is 0.310. The fraction of sp³-hybridized carbons (Fsp3) is 0.294. The Kier molecular flexibility index (Phi) is 5.86. The minimum atomic E-state index is 0.310. The maximum Gasteiger partial charge on any atom is 0.122 e. The van der Waals surface area contributed by atoms with Crippen molar-refractivity contribution in [3.8, 4) is 5.75 Å². The summed E-state index contributed by atoms with van der Waals surface area (Å²) in [4.78, 5) is 0. The van der Waals surface area contributed by atoms with Gasteiger partial charge in [0.2, 0.25) is 0 Å². The van der Waals surface area contributed by atoms with Gasteiger partial charge >= 0.3 is 0 Å². The maximum atomic E-state index is 5.46. The van der Waals surface area contributed by atoms with Gasteiger partial charge in [-0.05, 0) is 58.8 Å². The van der Waals surface area contributed by atoms with E-state index in [2.05, 4.69) is 71.2 Å². The first-order chi connectivity index (χ1) is 9.76. The summed E-state index contributed by atoms with van der Waals surface area (Å²) in [6, 6.07) is 17.1. The van der Waals surface area contributed by atoms with Crippen LogP contribution in [-0.4, -0.2) is 13.7 Å². The lowest BCUT2D eigenvalue weighted by Crippen LogP contribution is -2.24. The summed E-state index contributed by atoms with van der Waals surface area (Å²) in [6.45, 7) is 3.09. The summed E-state index contributed by atoms with van der Waals surface area (Å²) < 4.78 is 6.76. The molecule has 2 nitrogen and oxygen atoms in total. The van der Waals surface area contributed by atoms with Crippen molar-refractivity contribution in [2.24, 2.45) is 0 Å². The predicted molar refractivity (Wildman–Crippen MR) is 92.3 cm³/mol. The van der Waals surface area contributed by atoms with Crippen molar-refractivity contribution < 1.29 is 4.74 Å². The van der Waals surface area contributed by atoms with Crippen molar-refractivity contribution in [1.29, 1.82) is 0 Å². The van der Waals surface area contributed by atoms with Crippen LogP contribution in [0.5, 0.6) is 5.75 Å². The molecule has 0 amide bonds. The van der Waals surface area contributed by atoms with E-state index in [0.29, 0.717) is 6.04 Å². The Morgan fingerprint density at radius 2 is 1.80 bits per heavy atom. The molecule has 0 aromatic heterocycles. The maximum absolute atomic E-state index is 5.46. The quantitative estimate of drug-likeness (QED) is 0.758. The molecule has 0 fully saturated rings. The average molecular weight is 381 g/mol. The Morgan fingerprint density at radius 3 is 2.50 bits per heavy atom. The first-order valence-corrected chi connectivity index (χ1v) is 7.93. The second-order valence-corrected chi connectivity index (χ2v) is 5.81. The summed E-state index contributed by atoms with van der Waals surface area (Å²) in [6.07, 6.45) is 0.928. The molecule has 1 atom stereocenters. The van der Waals surface area contributed by atoms with Crippen LogP contribution in [0.1, 0.15) is 24.1 Å². The zero-order chi connectivity index (χ0) is 14.4. The monoisotopic (exact) mass is 381 g/mol. The zero-order valence-electron chi connectivity index (χ0n) is 11.9. The highest BCUT2D eigenvalue weighted by Gasteiger charge is 2.15. The molecule has 0 saturated carbocycles. The van der Waals surface area contributed by atoms with Crippen molar-refractivity contribution in [2.45, 2.75) is 19.4 Å². The molecule has 0 saturated heterocycles. The molecule has 2 aromatic carbocycles. The van der Waals surface area contributed by atoms with Gasteiger partial charge in [-0.1, -0.05) is 43.3 Å². The van der Waals surface area contributed by atoms with Gasteiger partial charge in [-0.25, -0.2) is 0 Å². The number of nitrogens with one attached hydrogen (secondary N) is 1. The van der Waals surface area contributed by atoms with Crippen molar-refractivity contribution in [1.82, 2.24) is 5.32 Å². The molecule has 2 aromatic rings. The first kappa shape index (κ1) is 15.3. The van der Waals surface area contributed by atoms with Crippen molar-refractivity contribution in [2.75, 3.05) is 13.7 Å². The molecule has 0 bridgehead atoms. The number of benzene rings is 2. The van der Waals surface area contributed by atoms with E-state index in [0.717, 1.165) is 18.7 Å². The SMILES string of the molecule is CCNC(Cc1ccccc1OC)c1ccccc1I. The molecule has 0 aliphatic heterocycles. The number of halogens is 1. The standard InChI is InChI=1S/C17H20INO/c1-3-19-16(14-9-5-6-10-15(14)18)12-13-8-4-7-11-17(13)20-2/h4-11,16,19H,3,12H2,1-2H3. The van der Waals surface area contributed by atoms with Crippen LogP contribution < -0.4 is 10.1 Å². The van der Waals surface area contributed by atoms with Crippen LogP contribution in [0, 0.1) is 3.57 Å². The second kappa shape index (κ2) is 7.64. The number of rotatable bonds is 6. The Labute approximate surface area is 134 Å². The number of methoxy groups -OCH3 is 1. The molecular weight excluding hydrogens is 361 g/mol. The van der Waals surface area contributed by atoms with Gasteiger partial charge in [0, 0.05) is 9.61 Å². The van der Waals surface area contributed by atoms with Crippen LogP contribution in [0.2, 0.25) is 0 Å². The van der Waals surface area contributed by atoms with Crippen molar-refractivity contribution in [3.05, 3.63) is 63.2 Å². The lowest BCUT2D eigenvalue weighted by Gasteiger charge is -2.21. The van der Waals surface area contributed by atoms with E-state index >= 15 is 0 Å². The van der Waals surface area contributed by atoms with E-state index in [9.17, 15) is 0 Å². The summed E-state index contributed by atoms with van der Waals surface area (Å²) in [5.74, 6) is 0.960. The van der Waals surface area contributed by atoms with Crippen LogP contribution >= 0.6 is 22.6 Å². The zero-order valence-corrected chi connectivity index (χ0v) is 14.1. The fourth-order valence-corrected chi connectivity index (χ4v) is 3.15. The van der Waals surface area contributed by atoms with Gasteiger partial charge in [-0.3, -0.25) is 0 Å². The third-order valence-corrected chi connectivity index (χ3v) is 4.33. The third-order valence-electron chi connectivity index (χ3n) is 3.35. The van der Waals surface area contributed by atoms with Crippen LogP contribution in [0.15, 0.2) is 48.5 Å². The third kappa shape index (κ3) is 3.73. The Balaban J connectivity index is 2.28. The highest BCUT2D eigenvalue weighted by atomic mass is 127.